The number of hydrogen-bond acceptors (Lipinski definition) is 4. The van der Waals surface area contributed by atoms with E-state index >= 15 is 0 Å². The number of nitrogens with two attached hydrogens (primary N) is 1. The average Bonchev–Trinajstić information content (AvgIpc) is 2.34. The number of likely N-dealkylation sites (N-methyl/N-ethyl adjacent to an activating group) is 1. The number of nitrogens with zero attached hydrogens (tertiary/aromatic N) is 2. The van der Waals surface area contributed by atoms with Gasteiger partial charge in [-0.25, -0.2) is 0 Å². The van der Waals surface area contributed by atoms with Gasteiger partial charge in [0.1, 0.15) is 10.6 Å². The summed E-state index contributed by atoms with van der Waals surface area (Å²) < 4.78 is 0. The number of para-hydroxylation sites is 1. The molecule has 7 nitrogen and oxygen atoms in total. The molecule has 0 unspecified atom stereocenters. The van der Waals surface area contributed by atoms with E-state index in [1.54, 1.807) is 6.92 Å². The Bertz CT molecular complexity index is 533. The molecule has 0 saturated heterocycles. The monoisotopic (exact) mass is 285 g/mol. The van der Waals surface area contributed by atoms with Gasteiger partial charge in [-0.2, -0.15) is 0 Å². The first-order valence-corrected chi connectivity index (χ1v) is 5.76. The van der Waals surface area contributed by atoms with Crippen molar-refractivity contribution in [2.24, 2.45) is 5.73 Å². The van der Waals surface area contributed by atoms with Gasteiger partial charge in [-0.3, -0.25) is 19.7 Å². The Balaban J connectivity index is 3.22. The number of benzene rings is 1. The fourth-order valence-corrected chi connectivity index (χ4v) is 1.80. The Labute approximate surface area is 114 Å². The van der Waals surface area contributed by atoms with Crippen LogP contribution in [0.25, 0.3) is 0 Å². The fourth-order valence-electron chi connectivity index (χ4n) is 1.56. The first-order chi connectivity index (χ1) is 8.88. The van der Waals surface area contributed by atoms with Crippen molar-refractivity contribution in [3.05, 3.63) is 38.9 Å². The second-order valence-corrected chi connectivity index (χ2v) is 4.09. The Morgan fingerprint density at radius 3 is 2.58 bits per heavy atom. The van der Waals surface area contributed by atoms with Crippen LogP contribution in [0.15, 0.2) is 18.2 Å². The van der Waals surface area contributed by atoms with Crippen LogP contribution in [0, 0.1) is 10.1 Å². The third kappa shape index (κ3) is 3.41. The van der Waals surface area contributed by atoms with Crippen molar-refractivity contribution in [3.8, 4) is 0 Å². The lowest BCUT2D eigenvalue weighted by molar-refractivity contribution is -0.385. The van der Waals surface area contributed by atoms with Gasteiger partial charge in [0.25, 0.3) is 5.91 Å². The normalized spacial score (nSPS) is 10.0. The van der Waals surface area contributed by atoms with Crippen molar-refractivity contribution in [2.45, 2.75) is 6.92 Å². The summed E-state index contributed by atoms with van der Waals surface area (Å²) in [5.74, 6) is -1.35. The zero-order valence-electron chi connectivity index (χ0n) is 10.1. The molecule has 1 aromatic carbocycles. The van der Waals surface area contributed by atoms with E-state index in [1.165, 1.54) is 18.2 Å². The van der Waals surface area contributed by atoms with Crippen molar-refractivity contribution in [1.29, 1.82) is 0 Å². The molecular weight excluding hydrogens is 274 g/mol. The average molecular weight is 286 g/mol. The van der Waals surface area contributed by atoms with Crippen molar-refractivity contribution in [2.75, 3.05) is 13.1 Å². The van der Waals surface area contributed by atoms with Crippen LogP contribution in [-0.4, -0.2) is 34.7 Å². The standard InChI is InChI=1S/C11H12ClN3O4/c1-2-14(6-9(13)16)11(17)7-4-3-5-8(12)10(7)15(18)19/h3-5H,2,6H2,1H3,(H2,13,16). The van der Waals surface area contributed by atoms with Crippen molar-refractivity contribution in [1.82, 2.24) is 4.90 Å². The second-order valence-electron chi connectivity index (χ2n) is 3.68. The van der Waals surface area contributed by atoms with Gasteiger partial charge in [-0.15, -0.1) is 0 Å². The zero-order valence-corrected chi connectivity index (χ0v) is 10.9. The molecule has 0 saturated carbocycles. The summed E-state index contributed by atoms with van der Waals surface area (Å²) >= 11 is 5.72. The molecule has 0 aliphatic heterocycles. The number of amides is 2. The predicted octanol–water partition coefficient (Wildman–Crippen LogP) is 1.20. The lowest BCUT2D eigenvalue weighted by Gasteiger charge is -2.19. The van der Waals surface area contributed by atoms with Crippen molar-refractivity contribution in [3.63, 3.8) is 0 Å². The minimum absolute atomic E-state index is 0.133. The summed E-state index contributed by atoms with van der Waals surface area (Å²) in [6, 6.07) is 4.04. The number of rotatable bonds is 5. The van der Waals surface area contributed by atoms with Crippen LogP contribution in [-0.2, 0) is 4.79 Å². The summed E-state index contributed by atoms with van der Waals surface area (Å²) in [7, 11) is 0. The molecule has 0 aromatic heterocycles. The molecular formula is C11H12ClN3O4. The minimum atomic E-state index is -0.728. The summed E-state index contributed by atoms with van der Waals surface area (Å²) in [4.78, 5) is 34.3. The molecule has 8 heteroatoms. The molecule has 0 atom stereocenters. The summed E-state index contributed by atoms with van der Waals surface area (Å²) in [6.07, 6.45) is 0. The number of primary amides is 1. The lowest BCUT2D eigenvalue weighted by atomic mass is 10.1. The van der Waals surface area contributed by atoms with Gasteiger partial charge in [-0.1, -0.05) is 17.7 Å². The highest BCUT2D eigenvalue weighted by molar-refractivity contribution is 6.33. The Hall–Kier alpha value is -2.15. The molecule has 0 heterocycles. The van der Waals surface area contributed by atoms with Crippen molar-refractivity contribution >= 4 is 29.1 Å². The lowest BCUT2D eigenvalue weighted by Crippen LogP contribution is -2.38. The number of carbonyl (C=O) groups excluding carboxylic acids is 2. The largest absolute Gasteiger partial charge is 0.368 e. The van der Waals surface area contributed by atoms with Crippen LogP contribution in [0.4, 0.5) is 5.69 Å². The maximum Gasteiger partial charge on any atom is 0.300 e. The van der Waals surface area contributed by atoms with E-state index in [4.69, 9.17) is 17.3 Å². The molecule has 2 N–H and O–H groups in total. The van der Waals surface area contributed by atoms with Gasteiger partial charge in [0.15, 0.2) is 0 Å². The SMILES string of the molecule is CCN(CC(N)=O)C(=O)c1cccc(Cl)c1[N+](=O)[O-]. The third-order valence-electron chi connectivity index (χ3n) is 2.42. The zero-order chi connectivity index (χ0) is 14.6. The van der Waals surface area contributed by atoms with Crippen LogP contribution >= 0.6 is 11.6 Å². The molecule has 2 amide bonds. The molecule has 0 spiro atoms. The van der Waals surface area contributed by atoms with Crippen LogP contribution < -0.4 is 5.73 Å². The van der Waals surface area contributed by atoms with E-state index in [-0.39, 0.29) is 23.7 Å². The molecule has 0 bridgehead atoms. The van der Waals surface area contributed by atoms with E-state index in [9.17, 15) is 19.7 Å². The number of halogens is 1. The molecule has 0 radical (unpaired) electrons. The first-order valence-electron chi connectivity index (χ1n) is 5.39. The van der Waals surface area contributed by atoms with Gasteiger partial charge >= 0.3 is 5.69 Å². The van der Waals surface area contributed by atoms with Crippen LogP contribution in [0.3, 0.4) is 0 Å². The molecule has 19 heavy (non-hydrogen) atoms. The van der Waals surface area contributed by atoms with Gasteiger partial charge in [-0.05, 0) is 19.1 Å². The van der Waals surface area contributed by atoms with Gasteiger partial charge < -0.3 is 10.6 Å². The second kappa shape index (κ2) is 6.14. The number of nitro groups is 1. The molecule has 1 aromatic rings. The molecule has 0 fully saturated rings. The van der Waals surface area contributed by atoms with E-state index in [0.717, 1.165) is 4.90 Å². The topological polar surface area (TPSA) is 107 Å². The third-order valence-corrected chi connectivity index (χ3v) is 2.72. The smallest absolute Gasteiger partial charge is 0.300 e. The number of nitro benzene ring substituents is 1. The quantitative estimate of drug-likeness (QED) is 0.648. The fraction of sp³-hybridized carbons (Fsp3) is 0.273. The Morgan fingerprint density at radius 2 is 2.11 bits per heavy atom. The molecule has 0 aliphatic carbocycles. The highest BCUT2D eigenvalue weighted by Gasteiger charge is 2.27. The highest BCUT2D eigenvalue weighted by Crippen LogP contribution is 2.29. The summed E-state index contributed by atoms with van der Waals surface area (Å²) in [5, 5.41) is 10.8. The minimum Gasteiger partial charge on any atom is -0.368 e. The van der Waals surface area contributed by atoms with Gasteiger partial charge in [0.05, 0.1) is 11.5 Å². The van der Waals surface area contributed by atoms with E-state index in [1.807, 2.05) is 0 Å². The first kappa shape index (κ1) is 14.9. The number of carbonyl (C=O) groups is 2. The summed E-state index contributed by atoms with van der Waals surface area (Å²) in [5.41, 5.74) is 4.38. The van der Waals surface area contributed by atoms with E-state index in [0.29, 0.717) is 0 Å². The van der Waals surface area contributed by atoms with Crippen LogP contribution in [0.2, 0.25) is 5.02 Å². The molecule has 0 aliphatic rings. The number of hydrogen-bond donors (Lipinski definition) is 1. The van der Waals surface area contributed by atoms with E-state index < -0.39 is 22.4 Å². The Kier molecular flexibility index (Phi) is 4.82. The van der Waals surface area contributed by atoms with E-state index in [2.05, 4.69) is 0 Å². The van der Waals surface area contributed by atoms with Gasteiger partial charge in [0.2, 0.25) is 5.91 Å². The van der Waals surface area contributed by atoms with Gasteiger partial charge in [0, 0.05) is 6.54 Å². The highest BCUT2D eigenvalue weighted by atomic mass is 35.5. The van der Waals surface area contributed by atoms with Crippen LogP contribution in [0.5, 0.6) is 0 Å². The Morgan fingerprint density at radius 1 is 1.47 bits per heavy atom. The maximum atomic E-state index is 12.1. The van der Waals surface area contributed by atoms with Crippen molar-refractivity contribution < 1.29 is 14.5 Å². The maximum absolute atomic E-state index is 12.1. The van der Waals surface area contributed by atoms with Crippen LogP contribution in [0.1, 0.15) is 17.3 Å². The predicted molar refractivity (Wildman–Crippen MR) is 68.9 cm³/mol. The molecule has 1 rings (SSSR count). The summed E-state index contributed by atoms with van der Waals surface area (Å²) in [6.45, 7) is 1.53. The molecule has 102 valence electrons.